The number of ether oxygens (including phenoxy) is 1. The lowest BCUT2D eigenvalue weighted by molar-refractivity contribution is 0.0642. The summed E-state index contributed by atoms with van der Waals surface area (Å²) in [6, 6.07) is 21.6. The van der Waals surface area contributed by atoms with E-state index >= 15 is 0 Å². The number of amides is 3. The van der Waals surface area contributed by atoms with Crippen molar-refractivity contribution in [1.29, 1.82) is 0 Å². The second-order valence-corrected chi connectivity index (χ2v) is 8.43. The van der Waals surface area contributed by atoms with Gasteiger partial charge < -0.3 is 10.1 Å². The number of hydrogen-bond acceptors (Lipinski definition) is 5. The van der Waals surface area contributed by atoms with Crippen LogP contribution in [0.4, 0.5) is 0 Å². The third-order valence-corrected chi connectivity index (χ3v) is 6.18. The number of methoxy groups -OCH3 is 1. The van der Waals surface area contributed by atoms with E-state index in [1.807, 2.05) is 41.2 Å². The van der Waals surface area contributed by atoms with Crippen LogP contribution >= 0.6 is 0 Å². The number of aromatic nitrogens is 2. The first kappa shape index (κ1) is 23.0. The number of benzene rings is 3. The van der Waals surface area contributed by atoms with Crippen molar-refractivity contribution >= 4 is 17.7 Å². The highest BCUT2D eigenvalue weighted by Crippen LogP contribution is 2.26. The van der Waals surface area contributed by atoms with E-state index in [9.17, 15) is 14.4 Å². The molecule has 0 radical (unpaired) electrons. The Kier molecular flexibility index (Phi) is 6.32. The van der Waals surface area contributed by atoms with Crippen molar-refractivity contribution in [3.8, 4) is 5.75 Å². The number of imide groups is 1. The largest absolute Gasteiger partial charge is 0.496 e. The molecule has 8 nitrogen and oxygen atoms in total. The maximum absolute atomic E-state index is 13.2. The number of nitrogens with zero attached hydrogens (tertiary/aromatic N) is 3. The molecule has 0 spiro atoms. The summed E-state index contributed by atoms with van der Waals surface area (Å²) in [5, 5.41) is 7.22. The van der Waals surface area contributed by atoms with Crippen LogP contribution in [0.3, 0.4) is 0 Å². The monoisotopic (exact) mass is 480 g/mol. The number of carbonyl (C=O) groups excluding carboxylic acids is 3. The fourth-order valence-corrected chi connectivity index (χ4v) is 4.32. The Morgan fingerprint density at radius 1 is 0.889 bits per heavy atom. The molecule has 0 atom stereocenters. The van der Waals surface area contributed by atoms with Gasteiger partial charge in [-0.2, -0.15) is 5.10 Å². The third-order valence-electron chi connectivity index (χ3n) is 6.18. The van der Waals surface area contributed by atoms with Gasteiger partial charge >= 0.3 is 0 Å². The highest BCUT2D eigenvalue weighted by Gasteiger charge is 2.35. The van der Waals surface area contributed by atoms with Crippen molar-refractivity contribution in [2.45, 2.75) is 19.6 Å². The third kappa shape index (κ3) is 4.48. The van der Waals surface area contributed by atoms with Crippen molar-refractivity contribution in [2.24, 2.45) is 0 Å². The van der Waals surface area contributed by atoms with Crippen LogP contribution in [-0.2, 0) is 19.6 Å². The van der Waals surface area contributed by atoms with Crippen LogP contribution in [0.2, 0.25) is 0 Å². The zero-order chi connectivity index (χ0) is 25.1. The predicted molar refractivity (Wildman–Crippen MR) is 133 cm³/mol. The first-order valence-electron chi connectivity index (χ1n) is 11.5. The molecule has 180 valence electrons. The van der Waals surface area contributed by atoms with E-state index in [4.69, 9.17) is 4.74 Å². The molecule has 0 aliphatic carbocycles. The molecule has 0 fully saturated rings. The van der Waals surface area contributed by atoms with Gasteiger partial charge in [0.15, 0.2) is 0 Å². The van der Waals surface area contributed by atoms with E-state index in [0.717, 1.165) is 11.1 Å². The van der Waals surface area contributed by atoms with E-state index in [2.05, 4.69) is 10.4 Å². The molecule has 1 aromatic heterocycles. The average Bonchev–Trinajstić information content (AvgIpc) is 3.51. The molecule has 4 aromatic rings. The summed E-state index contributed by atoms with van der Waals surface area (Å²) in [5.41, 5.74) is 3.78. The molecule has 0 unspecified atom stereocenters. The SMILES string of the molecule is COc1ccc(CN2C(=O)c3ccccc3C2=O)cc1C(=O)NCc1ccccc1Cn1cccn1. The van der Waals surface area contributed by atoms with Crippen LogP contribution in [0.1, 0.15) is 47.8 Å². The minimum absolute atomic E-state index is 0.0589. The zero-order valence-corrected chi connectivity index (χ0v) is 19.7. The lowest BCUT2D eigenvalue weighted by Crippen LogP contribution is -2.29. The Morgan fingerprint density at radius 3 is 2.25 bits per heavy atom. The fourth-order valence-electron chi connectivity index (χ4n) is 4.32. The van der Waals surface area contributed by atoms with E-state index in [-0.39, 0.29) is 24.3 Å². The molecule has 0 saturated carbocycles. The Hall–Kier alpha value is -4.72. The summed E-state index contributed by atoms with van der Waals surface area (Å²) in [4.78, 5) is 39.9. The Balaban J connectivity index is 1.32. The van der Waals surface area contributed by atoms with E-state index in [1.165, 1.54) is 12.0 Å². The lowest BCUT2D eigenvalue weighted by Gasteiger charge is -2.16. The van der Waals surface area contributed by atoms with Crippen molar-refractivity contribution < 1.29 is 19.1 Å². The first-order chi connectivity index (χ1) is 17.5. The first-order valence-corrected chi connectivity index (χ1v) is 11.5. The maximum atomic E-state index is 13.2. The predicted octanol–water partition coefficient (Wildman–Crippen LogP) is 3.67. The molecule has 0 bridgehead atoms. The molecular weight excluding hydrogens is 456 g/mol. The molecule has 1 aliphatic rings. The smallest absolute Gasteiger partial charge is 0.261 e. The highest BCUT2D eigenvalue weighted by atomic mass is 16.5. The number of rotatable bonds is 8. The van der Waals surface area contributed by atoms with Crippen LogP contribution in [0.5, 0.6) is 5.75 Å². The van der Waals surface area contributed by atoms with Gasteiger partial charge in [-0.25, -0.2) is 0 Å². The van der Waals surface area contributed by atoms with Gasteiger partial charge in [-0.1, -0.05) is 42.5 Å². The molecule has 3 aromatic carbocycles. The minimum Gasteiger partial charge on any atom is -0.496 e. The summed E-state index contributed by atoms with van der Waals surface area (Å²) in [6.45, 7) is 0.976. The van der Waals surface area contributed by atoms with Crippen molar-refractivity contribution in [3.05, 3.63) is 119 Å². The molecule has 1 N–H and O–H groups in total. The average molecular weight is 481 g/mol. The van der Waals surface area contributed by atoms with Gasteiger partial charge in [-0.05, 0) is 47.0 Å². The van der Waals surface area contributed by atoms with E-state index < -0.39 is 0 Å². The molecule has 36 heavy (non-hydrogen) atoms. The van der Waals surface area contributed by atoms with Crippen LogP contribution in [-0.4, -0.2) is 39.5 Å². The van der Waals surface area contributed by atoms with Crippen molar-refractivity contribution in [1.82, 2.24) is 20.0 Å². The Bertz CT molecular complexity index is 1410. The number of carbonyl (C=O) groups is 3. The van der Waals surface area contributed by atoms with Crippen LogP contribution in [0.25, 0.3) is 0 Å². The molecule has 2 heterocycles. The van der Waals surface area contributed by atoms with Crippen LogP contribution < -0.4 is 10.1 Å². The van der Waals surface area contributed by atoms with Gasteiger partial charge in [0.2, 0.25) is 0 Å². The summed E-state index contributed by atoms with van der Waals surface area (Å²) in [5.74, 6) is -0.592. The quantitative estimate of drug-likeness (QED) is 0.389. The van der Waals surface area contributed by atoms with Crippen molar-refractivity contribution in [2.75, 3.05) is 7.11 Å². The summed E-state index contributed by atoms with van der Waals surface area (Å²) in [7, 11) is 1.50. The minimum atomic E-state index is -0.341. The van der Waals surface area contributed by atoms with Gasteiger partial charge in [0.05, 0.1) is 36.9 Å². The molecule has 1 aliphatic heterocycles. The standard InChI is InChI=1S/C28H24N4O4/c1-36-25-12-11-19(17-32-27(34)22-9-4-5-10-23(22)28(32)35)15-24(25)26(33)29-16-20-7-2-3-8-21(20)18-31-14-6-13-30-31/h2-15H,16-18H2,1H3,(H,29,33). The van der Waals surface area contributed by atoms with Gasteiger partial charge in [0.1, 0.15) is 5.75 Å². The normalized spacial score (nSPS) is 12.5. The molecule has 3 amide bonds. The topological polar surface area (TPSA) is 93.5 Å². The Labute approximate surface area is 208 Å². The van der Waals surface area contributed by atoms with Crippen LogP contribution in [0, 0.1) is 0 Å². The summed E-state index contributed by atoms with van der Waals surface area (Å²) in [6.07, 6.45) is 3.62. The van der Waals surface area contributed by atoms with E-state index in [1.54, 1.807) is 48.7 Å². The molecule has 8 heteroatoms. The Morgan fingerprint density at radius 2 is 1.58 bits per heavy atom. The fraction of sp³-hybridized carbons (Fsp3) is 0.143. The van der Waals surface area contributed by atoms with E-state index in [0.29, 0.717) is 41.1 Å². The van der Waals surface area contributed by atoms with Gasteiger partial charge in [-0.15, -0.1) is 0 Å². The number of fused-ring (bicyclic) bond motifs is 1. The van der Waals surface area contributed by atoms with Gasteiger partial charge in [-0.3, -0.25) is 24.0 Å². The second-order valence-electron chi connectivity index (χ2n) is 8.43. The van der Waals surface area contributed by atoms with Crippen LogP contribution in [0.15, 0.2) is 85.2 Å². The molecular formula is C28H24N4O4. The number of nitrogens with one attached hydrogen (secondary N) is 1. The summed E-state index contributed by atoms with van der Waals surface area (Å²) < 4.78 is 7.24. The zero-order valence-electron chi connectivity index (χ0n) is 19.7. The maximum Gasteiger partial charge on any atom is 0.261 e. The second kappa shape index (κ2) is 9.87. The highest BCUT2D eigenvalue weighted by molar-refractivity contribution is 6.21. The van der Waals surface area contributed by atoms with Gasteiger partial charge in [0.25, 0.3) is 17.7 Å². The number of hydrogen-bond donors (Lipinski definition) is 1. The summed E-state index contributed by atoms with van der Waals surface area (Å²) >= 11 is 0. The lowest BCUT2D eigenvalue weighted by atomic mass is 10.1. The van der Waals surface area contributed by atoms with Crippen molar-refractivity contribution in [3.63, 3.8) is 0 Å². The molecule has 5 rings (SSSR count). The van der Waals surface area contributed by atoms with Gasteiger partial charge in [0, 0.05) is 18.9 Å². The molecule has 0 saturated heterocycles.